The molecule has 2 N–H and O–H groups in total. The van der Waals surface area contributed by atoms with Gasteiger partial charge >= 0.3 is 5.97 Å². The fraction of sp³-hybridized carbons (Fsp3) is 0.462. The standard InChI is InChI=1S/C13H18N2O4/c1-9(13(16)19-2)7-11(14)8-10-3-5-12(6-4-10)15(17)18/h3-6,9,11H,7-8,14H2,1-2H3/t9-,11?/m1/s1. The summed E-state index contributed by atoms with van der Waals surface area (Å²) >= 11 is 0. The molecule has 1 unspecified atom stereocenters. The van der Waals surface area contributed by atoms with Crippen molar-refractivity contribution in [3.05, 3.63) is 39.9 Å². The smallest absolute Gasteiger partial charge is 0.308 e. The molecule has 6 nitrogen and oxygen atoms in total. The number of carbonyl (C=O) groups excluding carboxylic acids is 1. The van der Waals surface area contributed by atoms with E-state index < -0.39 is 4.92 Å². The molecule has 0 aromatic heterocycles. The predicted octanol–water partition coefficient (Wildman–Crippen LogP) is 1.66. The molecule has 1 aromatic rings. The van der Waals surface area contributed by atoms with Crippen molar-refractivity contribution in [1.29, 1.82) is 0 Å². The number of rotatable bonds is 6. The molecule has 0 heterocycles. The number of hydrogen-bond donors (Lipinski definition) is 1. The summed E-state index contributed by atoms with van der Waals surface area (Å²) in [6.45, 7) is 1.77. The molecule has 0 aliphatic rings. The van der Waals surface area contributed by atoms with E-state index in [1.807, 2.05) is 0 Å². The molecule has 104 valence electrons. The van der Waals surface area contributed by atoms with E-state index in [-0.39, 0.29) is 23.6 Å². The van der Waals surface area contributed by atoms with Crippen molar-refractivity contribution < 1.29 is 14.5 Å². The zero-order valence-electron chi connectivity index (χ0n) is 11.0. The van der Waals surface area contributed by atoms with E-state index in [0.717, 1.165) is 5.56 Å². The van der Waals surface area contributed by atoms with Crippen LogP contribution in [-0.2, 0) is 16.0 Å². The SMILES string of the molecule is COC(=O)[C@H](C)CC(N)Cc1ccc([N+](=O)[O-])cc1. The number of methoxy groups -OCH3 is 1. The summed E-state index contributed by atoms with van der Waals surface area (Å²) in [5, 5.41) is 10.5. The molecule has 0 radical (unpaired) electrons. The van der Waals surface area contributed by atoms with E-state index in [1.165, 1.54) is 19.2 Å². The van der Waals surface area contributed by atoms with Gasteiger partial charge in [0.05, 0.1) is 18.0 Å². The lowest BCUT2D eigenvalue weighted by Gasteiger charge is -2.15. The van der Waals surface area contributed by atoms with Gasteiger partial charge < -0.3 is 10.5 Å². The molecule has 0 saturated heterocycles. The van der Waals surface area contributed by atoms with Crippen LogP contribution in [0.15, 0.2) is 24.3 Å². The minimum Gasteiger partial charge on any atom is -0.469 e. The van der Waals surface area contributed by atoms with E-state index in [0.29, 0.717) is 12.8 Å². The maximum absolute atomic E-state index is 11.3. The van der Waals surface area contributed by atoms with Crippen LogP contribution in [0.2, 0.25) is 0 Å². The molecule has 6 heteroatoms. The monoisotopic (exact) mass is 266 g/mol. The number of benzene rings is 1. The molecule has 19 heavy (non-hydrogen) atoms. The second-order valence-electron chi connectivity index (χ2n) is 4.55. The van der Waals surface area contributed by atoms with Crippen molar-refractivity contribution in [3.8, 4) is 0 Å². The van der Waals surface area contributed by atoms with Gasteiger partial charge in [-0.25, -0.2) is 0 Å². The highest BCUT2D eigenvalue weighted by Gasteiger charge is 2.17. The topological polar surface area (TPSA) is 95.5 Å². The largest absolute Gasteiger partial charge is 0.469 e. The Balaban J connectivity index is 2.54. The summed E-state index contributed by atoms with van der Waals surface area (Å²) in [5.41, 5.74) is 6.92. The third-order valence-electron chi connectivity index (χ3n) is 2.90. The zero-order chi connectivity index (χ0) is 14.4. The van der Waals surface area contributed by atoms with Crippen LogP contribution in [0.1, 0.15) is 18.9 Å². The lowest BCUT2D eigenvalue weighted by Crippen LogP contribution is -2.28. The first-order chi connectivity index (χ1) is 8.93. The Hall–Kier alpha value is -1.95. The Morgan fingerprint density at radius 1 is 1.42 bits per heavy atom. The first-order valence-electron chi connectivity index (χ1n) is 6.00. The molecule has 1 rings (SSSR count). The number of hydrogen-bond acceptors (Lipinski definition) is 5. The van der Waals surface area contributed by atoms with Gasteiger partial charge in [-0.1, -0.05) is 19.1 Å². The van der Waals surface area contributed by atoms with E-state index in [9.17, 15) is 14.9 Å². The second kappa shape index (κ2) is 6.84. The Bertz CT molecular complexity index is 444. The van der Waals surface area contributed by atoms with Gasteiger partial charge in [0.15, 0.2) is 0 Å². The summed E-state index contributed by atoms with van der Waals surface area (Å²) in [5.74, 6) is -0.530. The molecule has 0 saturated carbocycles. The van der Waals surface area contributed by atoms with Crippen molar-refractivity contribution >= 4 is 11.7 Å². The maximum atomic E-state index is 11.3. The highest BCUT2D eigenvalue weighted by atomic mass is 16.6. The molecule has 0 spiro atoms. The van der Waals surface area contributed by atoms with Gasteiger partial charge in [-0.05, 0) is 18.4 Å². The van der Waals surface area contributed by atoms with Crippen LogP contribution in [0, 0.1) is 16.0 Å². The molecule has 0 aliphatic heterocycles. The number of esters is 1. The quantitative estimate of drug-likeness (QED) is 0.480. The molecule has 1 aromatic carbocycles. The number of nitrogens with zero attached hydrogens (tertiary/aromatic N) is 1. The van der Waals surface area contributed by atoms with Crippen LogP contribution in [0.3, 0.4) is 0 Å². The van der Waals surface area contributed by atoms with Crippen molar-refractivity contribution in [2.45, 2.75) is 25.8 Å². The van der Waals surface area contributed by atoms with Crippen molar-refractivity contribution in [3.63, 3.8) is 0 Å². The Morgan fingerprint density at radius 3 is 2.47 bits per heavy atom. The second-order valence-corrected chi connectivity index (χ2v) is 4.55. The van der Waals surface area contributed by atoms with Gasteiger partial charge in [0.2, 0.25) is 0 Å². The van der Waals surface area contributed by atoms with E-state index in [2.05, 4.69) is 4.74 Å². The number of nitro groups is 1. The molecular formula is C13H18N2O4. The van der Waals surface area contributed by atoms with E-state index in [4.69, 9.17) is 5.73 Å². The maximum Gasteiger partial charge on any atom is 0.308 e. The Morgan fingerprint density at radius 2 is 2.00 bits per heavy atom. The van der Waals surface area contributed by atoms with Gasteiger partial charge in [0.25, 0.3) is 5.69 Å². The van der Waals surface area contributed by atoms with Crippen LogP contribution < -0.4 is 5.73 Å². The lowest BCUT2D eigenvalue weighted by molar-refractivity contribution is -0.384. The molecule has 2 atom stereocenters. The average molecular weight is 266 g/mol. The van der Waals surface area contributed by atoms with Gasteiger partial charge in [-0.2, -0.15) is 0 Å². The fourth-order valence-corrected chi connectivity index (χ4v) is 1.89. The van der Waals surface area contributed by atoms with Crippen LogP contribution in [-0.4, -0.2) is 24.0 Å². The number of non-ortho nitro benzene ring substituents is 1. The highest BCUT2D eigenvalue weighted by Crippen LogP contribution is 2.15. The normalized spacial score (nSPS) is 13.6. The third kappa shape index (κ3) is 4.67. The van der Waals surface area contributed by atoms with Crippen LogP contribution in [0.4, 0.5) is 5.69 Å². The minimum absolute atomic E-state index is 0.0558. The minimum atomic E-state index is -0.441. The molecule has 0 amide bonds. The van der Waals surface area contributed by atoms with E-state index >= 15 is 0 Å². The molecular weight excluding hydrogens is 248 g/mol. The summed E-state index contributed by atoms with van der Waals surface area (Å²) in [6.07, 6.45) is 1.09. The van der Waals surface area contributed by atoms with Crippen molar-refractivity contribution in [1.82, 2.24) is 0 Å². The molecule has 0 aliphatic carbocycles. The van der Waals surface area contributed by atoms with Crippen LogP contribution in [0.25, 0.3) is 0 Å². The number of ether oxygens (including phenoxy) is 1. The van der Waals surface area contributed by atoms with Gasteiger partial charge in [-0.3, -0.25) is 14.9 Å². The fourth-order valence-electron chi connectivity index (χ4n) is 1.89. The summed E-state index contributed by atoms with van der Waals surface area (Å²) in [6, 6.07) is 6.08. The Kier molecular flexibility index (Phi) is 5.44. The summed E-state index contributed by atoms with van der Waals surface area (Å²) < 4.78 is 4.64. The average Bonchev–Trinajstić information content (AvgIpc) is 2.38. The lowest BCUT2D eigenvalue weighted by atomic mass is 9.97. The van der Waals surface area contributed by atoms with Crippen LogP contribution >= 0.6 is 0 Å². The third-order valence-corrected chi connectivity index (χ3v) is 2.90. The number of nitrogens with two attached hydrogens (primary N) is 1. The highest BCUT2D eigenvalue weighted by molar-refractivity contribution is 5.71. The van der Waals surface area contributed by atoms with Crippen molar-refractivity contribution in [2.24, 2.45) is 11.7 Å². The van der Waals surface area contributed by atoms with Gasteiger partial charge in [-0.15, -0.1) is 0 Å². The van der Waals surface area contributed by atoms with Crippen LogP contribution in [0.5, 0.6) is 0 Å². The zero-order valence-corrected chi connectivity index (χ0v) is 11.0. The summed E-state index contributed by atoms with van der Waals surface area (Å²) in [4.78, 5) is 21.3. The first kappa shape index (κ1) is 15.1. The first-order valence-corrected chi connectivity index (χ1v) is 6.00. The molecule has 0 bridgehead atoms. The predicted molar refractivity (Wildman–Crippen MR) is 70.6 cm³/mol. The summed E-state index contributed by atoms with van der Waals surface area (Å²) in [7, 11) is 1.35. The van der Waals surface area contributed by atoms with Crippen molar-refractivity contribution in [2.75, 3.05) is 7.11 Å². The number of carbonyl (C=O) groups is 1. The van der Waals surface area contributed by atoms with E-state index in [1.54, 1.807) is 19.1 Å². The van der Waals surface area contributed by atoms with Gasteiger partial charge in [0.1, 0.15) is 0 Å². The van der Waals surface area contributed by atoms with Gasteiger partial charge in [0, 0.05) is 18.2 Å². The Labute approximate surface area is 111 Å². The number of nitro benzene ring substituents is 1. The molecule has 0 fully saturated rings.